The van der Waals surface area contributed by atoms with Crippen LogP contribution in [-0.4, -0.2) is 108 Å². The molecule has 0 aromatic heterocycles. The molecule has 5 N–H and O–H groups in total. The molecule has 256 valence electrons. The number of likely N-dealkylation sites (tertiary alicyclic amines) is 1. The minimum absolute atomic E-state index is 0.0213. The Hall–Kier alpha value is -3.20. The maximum absolute atomic E-state index is 14.0. The van der Waals surface area contributed by atoms with Crippen LogP contribution in [0.1, 0.15) is 60.8 Å². The number of urea groups is 1. The van der Waals surface area contributed by atoms with Gasteiger partial charge >= 0.3 is 12.2 Å². The number of fused-ring (bicyclic) bond motifs is 1. The van der Waals surface area contributed by atoms with Crippen molar-refractivity contribution in [3.05, 3.63) is 12.7 Å². The Morgan fingerprint density at radius 3 is 2.04 bits per heavy atom. The van der Waals surface area contributed by atoms with Crippen molar-refractivity contribution in [3.63, 3.8) is 0 Å². The minimum Gasteiger partial charge on any atom is -0.376 e. The van der Waals surface area contributed by atoms with Gasteiger partial charge in [-0.15, -0.1) is 6.58 Å². The Morgan fingerprint density at radius 1 is 1.00 bits per heavy atom. The Bertz CT molecular complexity index is 1130. The second kappa shape index (κ2) is 14.5. The van der Waals surface area contributed by atoms with E-state index in [0.717, 1.165) is 0 Å². The van der Waals surface area contributed by atoms with Crippen LogP contribution in [0, 0.1) is 22.7 Å². The molecule has 15 heteroatoms. The van der Waals surface area contributed by atoms with Gasteiger partial charge in [-0.05, 0) is 35.5 Å². The molecule has 2 rings (SSSR count). The number of amides is 5. The zero-order valence-electron chi connectivity index (χ0n) is 27.4. The average molecular weight is 647 g/mol. The minimum atomic E-state index is -4.62. The zero-order chi connectivity index (χ0) is 34.7. The summed E-state index contributed by atoms with van der Waals surface area (Å²) in [6, 6.07) is -5.37. The SMILES string of the molecule is C=CCNC(=O)C(=O)C(CCC(F)(F)F)NC(O)C1[C@H]2C[C@H]2CN1C(=O)[C@@H](NC(=O)N[C@H](C(=O)N(C)C)C(C)(C)C)C(C)(C)C. The first kappa shape index (κ1) is 38.0. The number of aliphatic hydroxyl groups is 1. The average Bonchev–Trinajstić information content (AvgIpc) is 3.56. The summed E-state index contributed by atoms with van der Waals surface area (Å²) in [5, 5.41) is 21.3. The van der Waals surface area contributed by atoms with Crippen molar-refractivity contribution >= 4 is 29.5 Å². The number of nitrogens with one attached hydrogen (secondary N) is 4. The topological polar surface area (TPSA) is 160 Å². The third-order valence-electron chi connectivity index (χ3n) is 8.07. The predicted molar refractivity (Wildman–Crippen MR) is 160 cm³/mol. The number of aliphatic hydroxyl groups excluding tert-OH is 1. The van der Waals surface area contributed by atoms with Crippen molar-refractivity contribution in [1.29, 1.82) is 0 Å². The van der Waals surface area contributed by atoms with Crippen molar-refractivity contribution < 1.29 is 42.3 Å². The highest BCUT2D eigenvalue weighted by atomic mass is 19.4. The number of carbonyl (C=O) groups is 5. The smallest absolute Gasteiger partial charge is 0.376 e. The molecule has 1 aliphatic carbocycles. The number of piperidine rings is 1. The van der Waals surface area contributed by atoms with Gasteiger partial charge in [0.15, 0.2) is 0 Å². The van der Waals surface area contributed by atoms with Crippen LogP contribution in [0.5, 0.6) is 0 Å². The molecular formula is C30H49F3N6O6. The van der Waals surface area contributed by atoms with E-state index < -0.39 is 83.9 Å². The molecule has 1 aliphatic heterocycles. The molecule has 0 spiro atoms. The second-order valence-corrected chi connectivity index (χ2v) is 14.3. The van der Waals surface area contributed by atoms with Crippen molar-refractivity contribution in [2.24, 2.45) is 22.7 Å². The summed E-state index contributed by atoms with van der Waals surface area (Å²) in [4.78, 5) is 67.8. The van der Waals surface area contributed by atoms with E-state index in [1.807, 2.05) is 0 Å². The molecule has 0 radical (unpaired) electrons. The van der Waals surface area contributed by atoms with Crippen molar-refractivity contribution in [3.8, 4) is 0 Å². The van der Waals surface area contributed by atoms with Crippen LogP contribution in [0.15, 0.2) is 12.7 Å². The molecule has 5 amide bonds. The zero-order valence-corrected chi connectivity index (χ0v) is 27.4. The van der Waals surface area contributed by atoms with Gasteiger partial charge in [-0.1, -0.05) is 47.6 Å². The highest BCUT2D eigenvalue weighted by Gasteiger charge is 2.58. The van der Waals surface area contributed by atoms with Crippen molar-refractivity contribution in [2.75, 3.05) is 27.2 Å². The molecule has 0 bridgehead atoms. The third kappa shape index (κ3) is 10.4. The largest absolute Gasteiger partial charge is 0.389 e. The second-order valence-electron chi connectivity index (χ2n) is 14.3. The first-order valence-electron chi connectivity index (χ1n) is 15.0. The number of hydrogen-bond donors (Lipinski definition) is 5. The van der Waals surface area contributed by atoms with Crippen molar-refractivity contribution in [1.82, 2.24) is 31.1 Å². The number of halogens is 3. The van der Waals surface area contributed by atoms with Gasteiger partial charge in [0.05, 0.1) is 12.1 Å². The summed E-state index contributed by atoms with van der Waals surface area (Å²) in [6.45, 7) is 14.1. The quantitative estimate of drug-likeness (QED) is 0.115. The molecule has 45 heavy (non-hydrogen) atoms. The first-order valence-corrected chi connectivity index (χ1v) is 15.0. The van der Waals surface area contributed by atoms with E-state index >= 15 is 0 Å². The number of carbonyl (C=O) groups excluding carboxylic acids is 5. The number of nitrogens with zero attached hydrogens (tertiary/aromatic N) is 2. The summed E-state index contributed by atoms with van der Waals surface area (Å²) < 4.78 is 39.2. The Balaban J connectivity index is 2.29. The molecule has 0 aromatic rings. The summed E-state index contributed by atoms with van der Waals surface area (Å²) in [7, 11) is 3.13. The molecule has 1 heterocycles. The van der Waals surface area contributed by atoms with E-state index in [1.54, 1.807) is 55.6 Å². The van der Waals surface area contributed by atoms with Crippen molar-refractivity contribution in [2.45, 2.75) is 97.4 Å². The van der Waals surface area contributed by atoms with E-state index in [4.69, 9.17) is 0 Å². The summed E-state index contributed by atoms with van der Waals surface area (Å²) >= 11 is 0. The fourth-order valence-corrected chi connectivity index (χ4v) is 5.48. The summed E-state index contributed by atoms with van der Waals surface area (Å²) in [5.74, 6) is -3.36. The van der Waals surface area contributed by atoms with E-state index in [9.17, 15) is 42.3 Å². The molecule has 12 nitrogen and oxygen atoms in total. The molecule has 0 aromatic carbocycles. The fourth-order valence-electron chi connectivity index (χ4n) is 5.48. The van der Waals surface area contributed by atoms with E-state index in [-0.39, 0.29) is 30.8 Å². The third-order valence-corrected chi connectivity index (χ3v) is 8.07. The molecule has 3 unspecified atom stereocenters. The van der Waals surface area contributed by atoms with Gasteiger partial charge in [-0.3, -0.25) is 24.5 Å². The molecule has 1 saturated carbocycles. The van der Waals surface area contributed by atoms with Gasteiger partial charge in [-0.25, -0.2) is 4.79 Å². The number of alkyl halides is 3. The normalized spacial score (nSPS) is 22.3. The van der Waals surface area contributed by atoms with Gasteiger partial charge in [-0.2, -0.15) is 13.2 Å². The van der Waals surface area contributed by atoms with E-state index in [2.05, 4.69) is 27.8 Å². The molecule has 1 saturated heterocycles. The van der Waals surface area contributed by atoms with Gasteiger partial charge < -0.3 is 30.9 Å². The number of Topliss-reactive ketones (excluding diaryl/α,β-unsaturated/α-hetero) is 1. The lowest BCUT2D eigenvalue weighted by Crippen LogP contribution is -2.63. The van der Waals surface area contributed by atoms with Crippen LogP contribution in [0.4, 0.5) is 18.0 Å². The van der Waals surface area contributed by atoms with Crippen LogP contribution >= 0.6 is 0 Å². The molecule has 7 atom stereocenters. The van der Waals surface area contributed by atoms with Crippen LogP contribution in [-0.2, 0) is 19.2 Å². The molecule has 2 aliphatic rings. The number of likely N-dealkylation sites (N-methyl/N-ethyl adjacent to an activating group) is 1. The summed E-state index contributed by atoms with van der Waals surface area (Å²) in [6.07, 6.45) is -6.48. The lowest BCUT2D eigenvalue weighted by molar-refractivity contribution is -0.146. The molecular weight excluding hydrogens is 597 g/mol. The Labute approximate surface area is 262 Å². The number of rotatable bonds is 13. The van der Waals surface area contributed by atoms with Crippen LogP contribution in [0.3, 0.4) is 0 Å². The Kier molecular flexibility index (Phi) is 12.2. The Morgan fingerprint density at radius 2 is 1.56 bits per heavy atom. The molecule has 2 fully saturated rings. The highest BCUT2D eigenvalue weighted by Crippen LogP contribution is 2.51. The van der Waals surface area contributed by atoms with Gasteiger partial charge in [0.2, 0.25) is 17.6 Å². The highest BCUT2D eigenvalue weighted by molar-refractivity contribution is 6.38. The monoisotopic (exact) mass is 646 g/mol. The number of hydrogen-bond acceptors (Lipinski definition) is 7. The van der Waals surface area contributed by atoms with E-state index in [0.29, 0.717) is 6.42 Å². The lowest BCUT2D eigenvalue weighted by atomic mass is 9.85. The lowest BCUT2D eigenvalue weighted by Gasteiger charge is -2.39. The maximum atomic E-state index is 14.0. The fraction of sp³-hybridized carbons (Fsp3) is 0.767. The standard InChI is InChI=1S/C30H49F3N6O6/c1-10-13-34-24(42)20(40)18(11-12-30(31,32)33)35-23(41)19-17-14-16(17)15-39(19)26(44)22(29(5,6)7)37-27(45)36-21(28(2,3)4)25(43)38(8)9/h10,16-19,21-23,35,41H,1,11-15H2,2-9H3,(H,34,42)(H2,36,37,45)/t16-,17-,18?,19?,21+,22+,23?/m0/s1. The van der Waals surface area contributed by atoms with Gasteiger partial charge in [0, 0.05) is 33.6 Å². The van der Waals surface area contributed by atoms with Crippen LogP contribution < -0.4 is 21.3 Å². The number of ketones is 1. The maximum Gasteiger partial charge on any atom is 0.389 e. The van der Waals surface area contributed by atoms with Crippen LogP contribution in [0.2, 0.25) is 0 Å². The predicted octanol–water partition coefficient (Wildman–Crippen LogP) is 1.54. The summed E-state index contributed by atoms with van der Waals surface area (Å²) in [5.41, 5.74) is -1.49. The van der Waals surface area contributed by atoms with Gasteiger partial charge in [0.1, 0.15) is 18.3 Å². The van der Waals surface area contributed by atoms with Gasteiger partial charge in [0.25, 0.3) is 5.91 Å². The van der Waals surface area contributed by atoms with Crippen LogP contribution in [0.25, 0.3) is 0 Å². The van der Waals surface area contributed by atoms with E-state index in [1.165, 1.54) is 15.9 Å². The first-order chi connectivity index (χ1) is 20.5.